The Balaban J connectivity index is 1.54. The van der Waals surface area contributed by atoms with E-state index in [1.807, 2.05) is 59.6 Å². The quantitative estimate of drug-likeness (QED) is 0.244. The minimum absolute atomic E-state index is 0.208. The molecular formula is C33H23N3O. The maximum absolute atomic E-state index is 10.5. The number of aromatic hydroxyl groups is 1. The molecule has 2 aromatic heterocycles. The van der Waals surface area contributed by atoms with Gasteiger partial charge in [-0.15, -0.1) is 0 Å². The van der Waals surface area contributed by atoms with E-state index in [1.54, 1.807) is 6.07 Å². The standard InChI is InChI=1S/C33H23N3O/c37-32-18-6-5-17-31(32)35-20-21-36(23-35)33(25-11-9-10-24(22-25)30-16-7-8-19-34-30)28-14-3-1-12-26(28)27-13-2-4-15-29(27)33/h1-22,37H. The first-order valence-corrected chi connectivity index (χ1v) is 12.3. The maximum Gasteiger partial charge on any atom is 0.244 e. The topological polar surface area (TPSA) is 41.9 Å². The predicted molar refractivity (Wildman–Crippen MR) is 143 cm³/mol. The summed E-state index contributed by atoms with van der Waals surface area (Å²) in [6, 6.07) is 39.1. The zero-order chi connectivity index (χ0) is 24.8. The molecule has 0 radical (unpaired) electrons. The largest absolute Gasteiger partial charge is 0.513 e. The van der Waals surface area contributed by atoms with Gasteiger partial charge in [0.25, 0.3) is 0 Å². The second kappa shape index (κ2) is 8.32. The lowest BCUT2D eigenvalue weighted by molar-refractivity contribution is -0.736. The number of hydrogen-bond donors (Lipinski definition) is 1. The summed E-state index contributed by atoms with van der Waals surface area (Å²) in [5, 5.41) is 10.5. The monoisotopic (exact) mass is 477 g/mol. The molecule has 0 unspecified atom stereocenters. The highest BCUT2D eigenvalue weighted by Crippen LogP contribution is 2.50. The van der Waals surface area contributed by atoms with E-state index in [2.05, 4.69) is 88.7 Å². The Morgan fingerprint density at radius 3 is 2.16 bits per heavy atom. The van der Waals surface area contributed by atoms with E-state index >= 15 is 0 Å². The van der Waals surface area contributed by atoms with Crippen LogP contribution in [0.1, 0.15) is 16.7 Å². The first kappa shape index (κ1) is 21.3. The summed E-state index contributed by atoms with van der Waals surface area (Å²) in [4.78, 5) is 4.61. The molecule has 4 nitrogen and oxygen atoms in total. The number of imidazole rings is 1. The van der Waals surface area contributed by atoms with Gasteiger partial charge in [0.05, 0.1) is 11.4 Å². The molecule has 0 aliphatic heterocycles. The van der Waals surface area contributed by atoms with Gasteiger partial charge in [-0.2, -0.15) is 0 Å². The van der Waals surface area contributed by atoms with E-state index in [-0.39, 0.29) is 5.75 Å². The molecule has 0 amide bonds. The van der Waals surface area contributed by atoms with Crippen molar-refractivity contribution in [3.05, 3.63) is 157 Å². The zero-order valence-electron chi connectivity index (χ0n) is 20.0. The van der Waals surface area contributed by atoms with E-state index in [4.69, 9.17) is 0 Å². The summed E-state index contributed by atoms with van der Waals surface area (Å²) < 4.78 is 3.99. The lowest BCUT2D eigenvalue weighted by Crippen LogP contribution is -2.56. The summed E-state index contributed by atoms with van der Waals surface area (Å²) in [6.45, 7) is 0. The minimum atomic E-state index is -0.659. The predicted octanol–water partition coefficient (Wildman–Crippen LogP) is 6.15. The fourth-order valence-corrected chi connectivity index (χ4v) is 5.66. The number of nitrogens with zero attached hydrogens (tertiary/aromatic N) is 3. The van der Waals surface area contributed by atoms with Crippen LogP contribution in [0, 0.1) is 6.33 Å². The highest BCUT2D eigenvalue weighted by Gasteiger charge is 2.48. The molecule has 1 aliphatic rings. The summed E-state index contributed by atoms with van der Waals surface area (Å²) in [5.41, 5.74) is 7.90. The molecule has 0 saturated carbocycles. The third-order valence-corrected chi connectivity index (χ3v) is 7.25. The smallest absolute Gasteiger partial charge is 0.244 e. The Hall–Kier alpha value is -4.96. The normalized spacial score (nSPS) is 13.2. The van der Waals surface area contributed by atoms with Crippen LogP contribution in [0.2, 0.25) is 0 Å². The fraction of sp³-hybridized carbons (Fsp3) is 0.0303. The molecule has 2 heterocycles. The van der Waals surface area contributed by atoms with Gasteiger partial charge in [-0.3, -0.25) is 4.98 Å². The SMILES string of the molecule is Oc1ccccc1-n1[c-][n+](C2(c3cccc(-c4ccccn4)c3)c3ccccc3-c3ccccc32)cc1. The van der Waals surface area contributed by atoms with E-state index in [1.165, 1.54) is 22.3 Å². The molecule has 176 valence electrons. The molecular weight excluding hydrogens is 454 g/mol. The van der Waals surface area contributed by atoms with Gasteiger partial charge in [-0.05, 0) is 35.4 Å². The van der Waals surface area contributed by atoms with Crippen molar-refractivity contribution in [2.24, 2.45) is 0 Å². The van der Waals surface area contributed by atoms with Crippen molar-refractivity contribution in [2.75, 3.05) is 0 Å². The molecule has 1 N–H and O–H groups in total. The van der Waals surface area contributed by atoms with Gasteiger partial charge in [0, 0.05) is 40.8 Å². The van der Waals surface area contributed by atoms with Crippen molar-refractivity contribution in [1.82, 2.24) is 9.55 Å². The van der Waals surface area contributed by atoms with Crippen LogP contribution in [0.4, 0.5) is 0 Å². The van der Waals surface area contributed by atoms with Crippen molar-refractivity contribution in [3.8, 4) is 33.8 Å². The second-order valence-electron chi connectivity index (χ2n) is 9.22. The summed E-state index contributed by atoms with van der Waals surface area (Å²) >= 11 is 0. The Labute approximate surface area is 215 Å². The average molecular weight is 478 g/mol. The Morgan fingerprint density at radius 1 is 0.730 bits per heavy atom. The van der Waals surface area contributed by atoms with Crippen LogP contribution >= 0.6 is 0 Å². The summed E-state index contributed by atoms with van der Waals surface area (Å²) in [6.07, 6.45) is 9.36. The molecule has 0 bridgehead atoms. The Kier molecular flexibility index (Phi) is 4.79. The lowest BCUT2D eigenvalue weighted by atomic mass is 9.79. The van der Waals surface area contributed by atoms with Crippen molar-refractivity contribution in [2.45, 2.75) is 5.54 Å². The van der Waals surface area contributed by atoms with Crippen molar-refractivity contribution in [3.63, 3.8) is 0 Å². The Bertz CT molecular complexity index is 1710. The fourth-order valence-electron chi connectivity index (χ4n) is 5.66. The summed E-state index contributed by atoms with van der Waals surface area (Å²) in [7, 11) is 0. The molecule has 0 atom stereocenters. The molecule has 4 heteroatoms. The number of hydrogen-bond acceptors (Lipinski definition) is 2. The number of rotatable bonds is 4. The number of pyridine rings is 1. The van der Waals surface area contributed by atoms with Gasteiger partial charge < -0.3 is 14.2 Å². The van der Waals surface area contributed by atoms with Gasteiger partial charge >= 0.3 is 0 Å². The third kappa shape index (κ3) is 3.16. The van der Waals surface area contributed by atoms with Crippen molar-refractivity contribution >= 4 is 0 Å². The summed E-state index contributed by atoms with van der Waals surface area (Å²) in [5.74, 6) is 0.208. The first-order valence-electron chi connectivity index (χ1n) is 12.3. The van der Waals surface area contributed by atoms with Crippen molar-refractivity contribution < 1.29 is 9.67 Å². The molecule has 7 rings (SSSR count). The van der Waals surface area contributed by atoms with E-state index in [0.717, 1.165) is 16.8 Å². The molecule has 37 heavy (non-hydrogen) atoms. The lowest BCUT2D eigenvalue weighted by Gasteiger charge is -2.32. The molecule has 0 saturated heterocycles. The van der Waals surface area contributed by atoms with Gasteiger partial charge in [0.2, 0.25) is 6.33 Å². The van der Waals surface area contributed by atoms with Crippen LogP contribution in [0.15, 0.2) is 134 Å². The average Bonchev–Trinajstić information content (AvgIpc) is 3.56. The first-order chi connectivity index (χ1) is 18.3. The van der Waals surface area contributed by atoms with Gasteiger partial charge in [0.15, 0.2) is 5.54 Å². The van der Waals surface area contributed by atoms with Crippen molar-refractivity contribution in [1.29, 1.82) is 0 Å². The van der Waals surface area contributed by atoms with E-state index in [0.29, 0.717) is 5.69 Å². The van der Waals surface area contributed by atoms with Crippen LogP contribution in [0.25, 0.3) is 28.1 Å². The Morgan fingerprint density at radius 2 is 1.43 bits per heavy atom. The number of aromatic nitrogens is 3. The minimum Gasteiger partial charge on any atom is -0.513 e. The number of phenolic OH excluding ortho intramolecular Hbond substituents is 1. The number of benzene rings is 4. The second-order valence-corrected chi connectivity index (χ2v) is 9.22. The van der Waals surface area contributed by atoms with Gasteiger partial charge in [-0.1, -0.05) is 91.0 Å². The van der Waals surface area contributed by atoms with Gasteiger partial charge in [-0.25, -0.2) is 0 Å². The van der Waals surface area contributed by atoms with E-state index < -0.39 is 5.54 Å². The third-order valence-electron chi connectivity index (χ3n) is 7.25. The molecule has 6 aromatic rings. The number of phenols is 1. The van der Waals surface area contributed by atoms with Crippen LogP contribution in [-0.4, -0.2) is 14.7 Å². The van der Waals surface area contributed by atoms with Crippen LogP contribution in [0.5, 0.6) is 5.75 Å². The van der Waals surface area contributed by atoms with E-state index in [9.17, 15) is 5.11 Å². The van der Waals surface area contributed by atoms with Gasteiger partial charge in [0.1, 0.15) is 5.75 Å². The zero-order valence-corrected chi connectivity index (χ0v) is 20.0. The van der Waals surface area contributed by atoms with Crippen LogP contribution in [-0.2, 0) is 5.54 Å². The molecule has 1 aliphatic carbocycles. The maximum atomic E-state index is 10.5. The molecule has 0 fully saturated rings. The van der Waals surface area contributed by atoms with Crippen LogP contribution in [0.3, 0.4) is 0 Å². The number of para-hydroxylation sites is 2. The van der Waals surface area contributed by atoms with Crippen LogP contribution < -0.4 is 4.57 Å². The highest BCUT2D eigenvalue weighted by atomic mass is 16.3. The molecule has 4 aromatic carbocycles. The molecule has 0 spiro atoms. The highest BCUT2D eigenvalue weighted by molar-refractivity contribution is 5.82. The number of fused-ring (bicyclic) bond motifs is 3.